The highest BCUT2D eigenvalue weighted by molar-refractivity contribution is 5.84. The van der Waals surface area contributed by atoms with Crippen molar-refractivity contribution < 1.29 is 9.90 Å². The van der Waals surface area contributed by atoms with Gasteiger partial charge in [0.15, 0.2) is 0 Å². The molecule has 3 atom stereocenters. The van der Waals surface area contributed by atoms with Crippen molar-refractivity contribution in [1.82, 2.24) is 10.2 Å². The zero-order chi connectivity index (χ0) is 13.1. The van der Waals surface area contributed by atoms with Gasteiger partial charge in [-0.05, 0) is 19.3 Å². The van der Waals surface area contributed by atoms with Crippen LogP contribution in [-0.2, 0) is 4.79 Å². The van der Waals surface area contributed by atoms with Crippen LogP contribution in [0, 0.1) is 5.92 Å². The van der Waals surface area contributed by atoms with Gasteiger partial charge in [-0.3, -0.25) is 4.79 Å². The number of carbonyl (C=O) groups is 1. The van der Waals surface area contributed by atoms with Gasteiger partial charge in [-0.2, -0.15) is 0 Å². The largest absolute Gasteiger partial charge is 0.393 e. The van der Waals surface area contributed by atoms with Gasteiger partial charge in [0.05, 0.1) is 12.1 Å². The van der Waals surface area contributed by atoms with Crippen molar-refractivity contribution in [1.29, 1.82) is 0 Å². The topological polar surface area (TPSA) is 52.6 Å². The summed E-state index contributed by atoms with van der Waals surface area (Å²) in [4.78, 5) is 14.1. The van der Waals surface area contributed by atoms with Crippen molar-refractivity contribution in [2.45, 2.75) is 64.1 Å². The SMILES string of the molecule is CC(C)NC1CCN(CC2CCCCC2O)C1=O. The van der Waals surface area contributed by atoms with E-state index in [2.05, 4.69) is 19.2 Å². The Kier molecular flexibility index (Phi) is 4.62. The molecule has 0 radical (unpaired) electrons. The fourth-order valence-electron chi connectivity index (χ4n) is 3.16. The Balaban J connectivity index is 1.85. The summed E-state index contributed by atoms with van der Waals surface area (Å²) in [6.45, 7) is 5.73. The third-order valence-electron chi connectivity index (χ3n) is 4.16. The van der Waals surface area contributed by atoms with E-state index < -0.39 is 0 Å². The zero-order valence-electron chi connectivity index (χ0n) is 11.6. The molecule has 0 bridgehead atoms. The molecule has 18 heavy (non-hydrogen) atoms. The quantitative estimate of drug-likeness (QED) is 0.791. The summed E-state index contributed by atoms with van der Waals surface area (Å²) in [5, 5.41) is 13.3. The molecule has 2 aliphatic rings. The number of hydrogen-bond acceptors (Lipinski definition) is 3. The number of aliphatic hydroxyl groups excluding tert-OH is 1. The van der Waals surface area contributed by atoms with E-state index in [1.165, 1.54) is 6.42 Å². The number of nitrogens with one attached hydrogen (secondary N) is 1. The molecule has 104 valence electrons. The van der Waals surface area contributed by atoms with Crippen LogP contribution in [0.2, 0.25) is 0 Å². The van der Waals surface area contributed by atoms with E-state index in [-0.39, 0.29) is 18.1 Å². The van der Waals surface area contributed by atoms with E-state index in [9.17, 15) is 9.90 Å². The molecule has 1 aliphatic heterocycles. The Hall–Kier alpha value is -0.610. The smallest absolute Gasteiger partial charge is 0.239 e. The minimum Gasteiger partial charge on any atom is -0.393 e. The van der Waals surface area contributed by atoms with E-state index in [4.69, 9.17) is 0 Å². The summed E-state index contributed by atoms with van der Waals surface area (Å²) in [6.07, 6.45) is 4.98. The number of hydrogen-bond donors (Lipinski definition) is 2. The first-order valence-corrected chi connectivity index (χ1v) is 7.31. The molecule has 1 aliphatic carbocycles. The summed E-state index contributed by atoms with van der Waals surface area (Å²) in [5.74, 6) is 0.516. The predicted octanol–water partition coefficient (Wildman–Crippen LogP) is 1.14. The molecule has 1 saturated heterocycles. The number of aliphatic hydroxyl groups is 1. The van der Waals surface area contributed by atoms with E-state index >= 15 is 0 Å². The van der Waals surface area contributed by atoms with Crippen molar-refractivity contribution in [3.63, 3.8) is 0 Å². The van der Waals surface area contributed by atoms with Gasteiger partial charge in [-0.25, -0.2) is 0 Å². The van der Waals surface area contributed by atoms with Crippen LogP contribution in [0.15, 0.2) is 0 Å². The fourth-order valence-corrected chi connectivity index (χ4v) is 3.16. The van der Waals surface area contributed by atoms with Crippen molar-refractivity contribution in [2.24, 2.45) is 5.92 Å². The molecular formula is C14H26N2O2. The Morgan fingerprint density at radius 3 is 2.72 bits per heavy atom. The average molecular weight is 254 g/mol. The van der Waals surface area contributed by atoms with Crippen LogP contribution < -0.4 is 5.32 Å². The Bertz CT molecular complexity index is 294. The molecule has 4 nitrogen and oxygen atoms in total. The third-order valence-corrected chi connectivity index (χ3v) is 4.16. The molecule has 4 heteroatoms. The van der Waals surface area contributed by atoms with Crippen LogP contribution in [-0.4, -0.2) is 47.2 Å². The van der Waals surface area contributed by atoms with E-state index in [0.29, 0.717) is 12.0 Å². The predicted molar refractivity (Wildman–Crippen MR) is 71.2 cm³/mol. The van der Waals surface area contributed by atoms with Crippen LogP contribution in [0.3, 0.4) is 0 Å². The number of amides is 1. The molecular weight excluding hydrogens is 228 g/mol. The molecule has 0 aromatic carbocycles. The zero-order valence-corrected chi connectivity index (χ0v) is 11.6. The average Bonchev–Trinajstić information content (AvgIpc) is 2.64. The summed E-state index contributed by atoms with van der Waals surface area (Å²) >= 11 is 0. The Labute approximate surface area is 110 Å². The fraction of sp³-hybridized carbons (Fsp3) is 0.929. The highest BCUT2D eigenvalue weighted by Gasteiger charge is 2.34. The Morgan fingerprint density at radius 1 is 1.33 bits per heavy atom. The highest BCUT2D eigenvalue weighted by Crippen LogP contribution is 2.26. The lowest BCUT2D eigenvalue weighted by Gasteiger charge is -2.31. The standard InChI is InChI=1S/C14H26N2O2/c1-10(2)15-12-7-8-16(14(12)18)9-11-5-3-4-6-13(11)17/h10-13,15,17H,3-9H2,1-2H3. The number of rotatable bonds is 4. The lowest BCUT2D eigenvalue weighted by molar-refractivity contribution is -0.130. The Morgan fingerprint density at radius 2 is 2.06 bits per heavy atom. The second-order valence-corrected chi connectivity index (χ2v) is 6.06. The van der Waals surface area contributed by atoms with Crippen LogP contribution in [0.1, 0.15) is 46.0 Å². The van der Waals surface area contributed by atoms with Gasteiger partial charge in [-0.15, -0.1) is 0 Å². The summed E-state index contributed by atoms with van der Waals surface area (Å²) in [6, 6.07) is 0.338. The molecule has 1 saturated carbocycles. The minimum atomic E-state index is -0.205. The molecule has 0 spiro atoms. The van der Waals surface area contributed by atoms with Gasteiger partial charge in [0.2, 0.25) is 5.91 Å². The molecule has 0 aromatic rings. The lowest BCUT2D eigenvalue weighted by Crippen LogP contribution is -2.44. The third kappa shape index (κ3) is 3.23. The van der Waals surface area contributed by atoms with E-state index in [0.717, 1.165) is 38.8 Å². The molecule has 1 heterocycles. The van der Waals surface area contributed by atoms with Crippen LogP contribution in [0.25, 0.3) is 0 Å². The second kappa shape index (κ2) is 6.02. The normalized spacial score (nSPS) is 33.4. The first-order chi connectivity index (χ1) is 8.58. The molecule has 0 aromatic heterocycles. The van der Waals surface area contributed by atoms with Crippen LogP contribution >= 0.6 is 0 Å². The van der Waals surface area contributed by atoms with E-state index in [1.54, 1.807) is 0 Å². The number of likely N-dealkylation sites (tertiary alicyclic amines) is 1. The maximum Gasteiger partial charge on any atom is 0.239 e. The van der Waals surface area contributed by atoms with Gasteiger partial charge < -0.3 is 15.3 Å². The van der Waals surface area contributed by atoms with Crippen molar-refractivity contribution >= 4 is 5.91 Å². The number of nitrogens with zero attached hydrogens (tertiary/aromatic N) is 1. The van der Waals surface area contributed by atoms with Crippen molar-refractivity contribution in [3.8, 4) is 0 Å². The summed E-state index contributed by atoms with van der Waals surface area (Å²) < 4.78 is 0. The van der Waals surface area contributed by atoms with Crippen LogP contribution in [0.5, 0.6) is 0 Å². The summed E-state index contributed by atoms with van der Waals surface area (Å²) in [5.41, 5.74) is 0. The highest BCUT2D eigenvalue weighted by atomic mass is 16.3. The molecule has 2 rings (SSSR count). The summed E-state index contributed by atoms with van der Waals surface area (Å²) in [7, 11) is 0. The maximum atomic E-state index is 12.2. The van der Waals surface area contributed by atoms with E-state index in [1.807, 2.05) is 4.90 Å². The van der Waals surface area contributed by atoms with Gasteiger partial charge in [-0.1, -0.05) is 26.7 Å². The first-order valence-electron chi connectivity index (χ1n) is 7.31. The lowest BCUT2D eigenvalue weighted by atomic mass is 9.86. The van der Waals surface area contributed by atoms with Crippen molar-refractivity contribution in [3.05, 3.63) is 0 Å². The van der Waals surface area contributed by atoms with Gasteiger partial charge in [0.25, 0.3) is 0 Å². The molecule has 2 fully saturated rings. The van der Waals surface area contributed by atoms with Gasteiger partial charge >= 0.3 is 0 Å². The molecule has 2 N–H and O–H groups in total. The molecule has 3 unspecified atom stereocenters. The maximum absolute atomic E-state index is 12.2. The van der Waals surface area contributed by atoms with Crippen molar-refractivity contribution in [2.75, 3.05) is 13.1 Å². The number of carbonyl (C=O) groups excluding carboxylic acids is 1. The van der Waals surface area contributed by atoms with Gasteiger partial charge in [0, 0.05) is 25.0 Å². The minimum absolute atomic E-state index is 0.00858. The second-order valence-electron chi connectivity index (χ2n) is 6.06. The monoisotopic (exact) mass is 254 g/mol. The van der Waals surface area contributed by atoms with Crippen LogP contribution in [0.4, 0.5) is 0 Å². The van der Waals surface area contributed by atoms with Gasteiger partial charge in [0.1, 0.15) is 0 Å². The first kappa shape index (κ1) is 13.8. The molecule has 1 amide bonds.